The van der Waals surface area contributed by atoms with Crippen molar-refractivity contribution < 1.29 is 14.7 Å². The number of benzene rings is 1. The van der Waals surface area contributed by atoms with E-state index in [0.29, 0.717) is 16.0 Å². The van der Waals surface area contributed by atoms with E-state index in [0.717, 1.165) is 11.1 Å². The average Bonchev–Trinajstić information content (AvgIpc) is 3.47. The number of aliphatic hydroxyl groups is 1. The number of hydrogen-bond donors (Lipinski definition) is 2. The van der Waals surface area contributed by atoms with E-state index in [2.05, 4.69) is 15.0 Å². The number of nitrogens with zero attached hydrogens (tertiary/aromatic N) is 3. The Balaban J connectivity index is 1.68. The van der Waals surface area contributed by atoms with Crippen LogP contribution in [0.25, 0.3) is 11.0 Å². The number of aromatic nitrogens is 3. The van der Waals surface area contributed by atoms with Crippen LogP contribution in [-0.4, -0.2) is 31.7 Å². The molecule has 1 aliphatic rings. The highest BCUT2D eigenvalue weighted by atomic mass is 32.1. The summed E-state index contributed by atoms with van der Waals surface area (Å²) < 4.78 is 0. The number of imidazole rings is 1. The molecule has 1 unspecified atom stereocenters. The lowest BCUT2D eigenvalue weighted by molar-refractivity contribution is -0.117. The first-order chi connectivity index (χ1) is 14.5. The number of rotatable bonds is 4. The molecule has 8 heteroatoms. The minimum atomic E-state index is -0.845. The third-order valence-corrected chi connectivity index (χ3v) is 5.92. The molecule has 0 radical (unpaired) electrons. The van der Waals surface area contributed by atoms with Gasteiger partial charge in [0, 0.05) is 12.4 Å². The number of aliphatic hydroxyl groups excluding tert-OH is 1. The van der Waals surface area contributed by atoms with E-state index in [4.69, 9.17) is 0 Å². The molecule has 4 heterocycles. The van der Waals surface area contributed by atoms with E-state index < -0.39 is 17.7 Å². The Bertz CT molecular complexity index is 1310. The molecule has 0 bridgehead atoms. The van der Waals surface area contributed by atoms with Gasteiger partial charge in [0.05, 0.1) is 27.5 Å². The number of ketones is 1. The smallest absolute Gasteiger partial charge is 0.296 e. The number of H-pyrrole nitrogens is 1. The van der Waals surface area contributed by atoms with Gasteiger partial charge in [-0.05, 0) is 47.7 Å². The molecule has 30 heavy (non-hydrogen) atoms. The Kier molecular flexibility index (Phi) is 4.22. The second kappa shape index (κ2) is 6.93. The van der Waals surface area contributed by atoms with Crippen molar-refractivity contribution in [2.75, 3.05) is 4.90 Å². The van der Waals surface area contributed by atoms with Gasteiger partial charge in [0.1, 0.15) is 0 Å². The molecule has 0 aliphatic carbocycles. The first-order valence-corrected chi connectivity index (χ1v) is 10.1. The molecule has 7 nitrogen and oxygen atoms in total. The van der Waals surface area contributed by atoms with Crippen molar-refractivity contribution in [3.05, 3.63) is 87.6 Å². The molecule has 1 atom stereocenters. The van der Waals surface area contributed by atoms with Gasteiger partial charge in [-0.2, -0.15) is 0 Å². The number of hydrogen-bond acceptors (Lipinski definition) is 6. The van der Waals surface area contributed by atoms with Gasteiger partial charge in [-0.3, -0.25) is 19.5 Å². The van der Waals surface area contributed by atoms with E-state index in [1.807, 2.05) is 25.1 Å². The van der Waals surface area contributed by atoms with Gasteiger partial charge in [-0.1, -0.05) is 18.2 Å². The maximum atomic E-state index is 13.2. The number of pyridine rings is 1. The highest BCUT2D eigenvalue weighted by Gasteiger charge is 2.46. The zero-order valence-electron chi connectivity index (χ0n) is 15.9. The zero-order valence-corrected chi connectivity index (χ0v) is 16.7. The number of anilines is 1. The quantitative estimate of drug-likeness (QED) is 0.488. The molecule has 0 saturated heterocycles. The number of Topliss-reactive ketones (excluding diaryl/α,β-unsaturated/α-hetero) is 1. The van der Waals surface area contributed by atoms with Crippen molar-refractivity contribution in [2.45, 2.75) is 13.0 Å². The first-order valence-electron chi connectivity index (χ1n) is 9.26. The number of carbonyl (C=O) groups is 2. The van der Waals surface area contributed by atoms with Crippen LogP contribution in [0.5, 0.6) is 0 Å². The molecule has 0 saturated carbocycles. The van der Waals surface area contributed by atoms with Gasteiger partial charge in [0.2, 0.25) is 11.7 Å². The maximum absolute atomic E-state index is 13.2. The third-order valence-electron chi connectivity index (χ3n) is 5.05. The number of thiophene rings is 1. The Morgan fingerprint density at radius 2 is 2.10 bits per heavy atom. The fraction of sp³-hybridized carbons (Fsp3) is 0.0909. The predicted octanol–water partition coefficient (Wildman–Crippen LogP) is 4.11. The summed E-state index contributed by atoms with van der Waals surface area (Å²) in [6.45, 7) is 1.96. The summed E-state index contributed by atoms with van der Waals surface area (Å²) in [6, 6.07) is 11.8. The van der Waals surface area contributed by atoms with E-state index in [9.17, 15) is 14.7 Å². The van der Waals surface area contributed by atoms with E-state index in [1.165, 1.54) is 16.2 Å². The van der Waals surface area contributed by atoms with Crippen LogP contribution in [0.2, 0.25) is 0 Å². The molecule has 0 spiro atoms. The lowest BCUT2D eigenvalue weighted by Crippen LogP contribution is -2.32. The summed E-state index contributed by atoms with van der Waals surface area (Å²) in [7, 11) is 0. The number of fused-ring (bicyclic) bond motifs is 1. The monoisotopic (exact) mass is 416 g/mol. The first kappa shape index (κ1) is 18.3. The van der Waals surface area contributed by atoms with Gasteiger partial charge in [0.25, 0.3) is 5.91 Å². The Morgan fingerprint density at radius 3 is 2.83 bits per heavy atom. The van der Waals surface area contributed by atoms with Gasteiger partial charge in [-0.25, -0.2) is 4.98 Å². The topological polar surface area (TPSA) is 99.2 Å². The minimum Gasteiger partial charge on any atom is -0.503 e. The van der Waals surface area contributed by atoms with Gasteiger partial charge in [0.15, 0.2) is 5.76 Å². The molecule has 1 aromatic carbocycles. The van der Waals surface area contributed by atoms with Crippen LogP contribution in [0.1, 0.15) is 26.8 Å². The van der Waals surface area contributed by atoms with Crippen LogP contribution in [-0.2, 0) is 4.79 Å². The molecule has 1 amide bonds. The Morgan fingerprint density at radius 1 is 1.23 bits per heavy atom. The fourth-order valence-electron chi connectivity index (χ4n) is 3.67. The van der Waals surface area contributed by atoms with Crippen molar-refractivity contribution in [3.63, 3.8) is 0 Å². The summed E-state index contributed by atoms with van der Waals surface area (Å²) in [6.07, 6.45) is 3.19. The van der Waals surface area contributed by atoms with Crippen LogP contribution in [0.3, 0.4) is 0 Å². The molecular formula is C22H16N4O3S. The van der Waals surface area contributed by atoms with E-state index in [-0.39, 0.29) is 17.3 Å². The van der Waals surface area contributed by atoms with Crippen molar-refractivity contribution in [3.8, 4) is 0 Å². The van der Waals surface area contributed by atoms with Crippen LogP contribution >= 0.6 is 11.3 Å². The second-order valence-electron chi connectivity index (χ2n) is 7.01. The van der Waals surface area contributed by atoms with Gasteiger partial charge >= 0.3 is 0 Å². The minimum absolute atomic E-state index is 0.0205. The fourth-order valence-corrected chi connectivity index (χ4v) is 4.35. The number of amides is 1. The highest BCUT2D eigenvalue weighted by molar-refractivity contribution is 7.12. The zero-order chi connectivity index (χ0) is 20.8. The standard InChI is InChI=1S/C22H16N4O3S/c1-12-6-7-14-15(10-12)25-22(24-14)26-18(13-4-2-8-23-11-13)17(20(28)21(26)29)19(27)16-5-3-9-30-16/h2-11,18,28H,1H3,(H,24,25). The van der Waals surface area contributed by atoms with E-state index in [1.54, 1.807) is 42.0 Å². The summed E-state index contributed by atoms with van der Waals surface area (Å²) in [5, 5.41) is 12.5. The predicted molar refractivity (Wildman–Crippen MR) is 114 cm³/mol. The van der Waals surface area contributed by atoms with Gasteiger partial charge in [-0.15, -0.1) is 11.3 Å². The number of nitrogens with one attached hydrogen (secondary N) is 1. The maximum Gasteiger partial charge on any atom is 0.296 e. The Labute approximate surface area is 175 Å². The van der Waals surface area contributed by atoms with Crippen LogP contribution in [0.4, 0.5) is 5.95 Å². The van der Waals surface area contributed by atoms with Crippen LogP contribution in [0.15, 0.2) is 71.6 Å². The number of aromatic amines is 1. The molecule has 3 aromatic heterocycles. The largest absolute Gasteiger partial charge is 0.503 e. The van der Waals surface area contributed by atoms with Crippen molar-refractivity contribution in [1.29, 1.82) is 0 Å². The molecular weight excluding hydrogens is 400 g/mol. The van der Waals surface area contributed by atoms with Crippen molar-refractivity contribution >= 4 is 40.0 Å². The summed E-state index contributed by atoms with van der Waals surface area (Å²) in [5.74, 6) is -1.38. The molecule has 2 N–H and O–H groups in total. The normalized spacial score (nSPS) is 16.6. The van der Waals surface area contributed by atoms with Crippen LogP contribution < -0.4 is 4.90 Å². The van der Waals surface area contributed by atoms with Gasteiger partial charge < -0.3 is 10.1 Å². The molecule has 1 aliphatic heterocycles. The summed E-state index contributed by atoms with van der Waals surface area (Å²) in [4.78, 5) is 39.9. The summed E-state index contributed by atoms with van der Waals surface area (Å²) >= 11 is 1.26. The summed E-state index contributed by atoms with van der Waals surface area (Å²) in [5.41, 5.74) is 3.12. The SMILES string of the molecule is Cc1ccc2nc(N3C(=O)C(O)=C(C(=O)c4cccs4)C3c3cccnc3)[nH]c2c1. The average molecular weight is 416 g/mol. The third kappa shape index (κ3) is 2.81. The molecule has 5 rings (SSSR count). The Hall–Kier alpha value is -3.78. The van der Waals surface area contributed by atoms with Crippen molar-refractivity contribution in [2.24, 2.45) is 0 Å². The lowest BCUT2D eigenvalue weighted by atomic mass is 9.97. The van der Waals surface area contributed by atoms with Crippen LogP contribution in [0, 0.1) is 6.92 Å². The second-order valence-corrected chi connectivity index (χ2v) is 7.96. The molecule has 4 aromatic rings. The molecule has 148 valence electrons. The number of aryl methyl sites for hydroxylation is 1. The lowest BCUT2D eigenvalue weighted by Gasteiger charge is -2.24. The van der Waals surface area contributed by atoms with E-state index >= 15 is 0 Å². The highest BCUT2D eigenvalue weighted by Crippen LogP contribution is 2.41. The number of carbonyl (C=O) groups excluding carboxylic acids is 2. The van der Waals surface area contributed by atoms with Crippen molar-refractivity contribution in [1.82, 2.24) is 15.0 Å². The molecule has 0 fully saturated rings.